The Morgan fingerprint density at radius 2 is 2.25 bits per heavy atom. The van der Waals surface area contributed by atoms with Crippen molar-refractivity contribution < 1.29 is 4.79 Å². The summed E-state index contributed by atoms with van der Waals surface area (Å²) < 4.78 is 0. The van der Waals surface area contributed by atoms with Crippen LogP contribution in [0.25, 0.3) is 0 Å². The van der Waals surface area contributed by atoms with E-state index in [0.717, 1.165) is 5.56 Å². The topological polar surface area (TPSA) is 56.3 Å². The first-order chi connectivity index (χ1) is 5.61. The molecule has 0 unspecified atom stereocenters. The summed E-state index contributed by atoms with van der Waals surface area (Å²) in [6, 6.07) is 3.25. The van der Waals surface area contributed by atoms with Gasteiger partial charge in [0.2, 0.25) is 5.91 Å². The van der Waals surface area contributed by atoms with Gasteiger partial charge in [-0.05, 0) is 18.6 Å². The summed E-state index contributed by atoms with van der Waals surface area (Å²) in [5.41, 5.74) is 0.954. The normalized spacial score (nSPS) is 9.58. The summed E-state index contributed by atoms with van der Waals surface area (Å²) in [6.45, 7) is 3.06. The summed E-state index contributed by atoms with van der Waals surface area (Å²) in [5.74, 6) is -0.431. The first-order valence-electron chi connectivity index (χ1n) is 3.52. The number of nitrogens with zero attached hydrogens (tertiary/aromatic N) is 2. The molecule has 0 saturated heterocycles. The maximum atomic E-state index is 11.0. The zero-order valence-electron chi connectivity index (χ0n) is 6.94. The molecular weight excluding hydrogens is 156 g/mol. The van der Waals surface area contributed by atoms with Crippen LogP contribution in [-0.2, 0) is 4.79 Å². The third-order valence-corrected chi connectivity index (χ3v) is 1.39. The number of anilines is 1. The van der Waals surface area contributed by atoms with Crippen LogP contribution in [0.15, 0.2) is 18.3 Å². The largest absolute Gasteiger partial charge is 0.751 e. The molecular formula is C8H9N2O2-. The van der Waals surface area contributed by atoms with Gasteiger partial charge in [-0.3, -0.25) is 4.79 Å². The lowest BCUT2D eigenvalue weighted by molar-refractivity contribution is -0.116. The first kappa shape index (κ1) is 8.67. The monoisotopic (exact) mass is 165 g/mol. The van der Waals surface area contributed by atoms with Crippen molar-refractivity contribution in [3.63, 3.8) is 0 Å². The van der Waals surface area contributed by atoms with Crippen LogP contribution in [0.4, 0.5) is 5.82 Å². The number of hydroxylamine groups is 1. The molecule has 1 aromatic heterocycles. The van der Waals surface area contributed by atoms with E-state index >= 15 is 0 Å². The lowest BCUT2D eigenvalue weighted by Crippen LogP contribution is -2.21. The van der Waals surface area contributed by atoms with Gasteiger partial charge in [-0.1, -0.05) is 6.07 Å². The van der Waals surface area contributed by atoms with Gasteiger partial charge in [0, 0.05) is 13.1 Å². The van der Waals surface area contributed by atoms with E-state index < -0.39 is 5.91 Å². The number of hydrogen-bond acceptors (Lipinski definition) is 3. The van der Waals surface area contributed by atoms with Crippen LogP contribution >= 0.6 is 0 Å². The van der Waals surface area contributed by atoms with E-state index in [2.05, 4.69) is 4.98 Å². The molecule has 0 spiro atoms. The van der Waals surface area contributed by atoms with E-state index in [1.807, 2.05) is 6.92 Å². The molecule has 64 valence electrons. The number of aryl methyl sites for hydroxylation is 1. The molecule has 0 N–H and O–H groups in total. The Morgan fingerprint density at radius 1 is 1.58 bits per heavy atom. The third kappa shape index (κ3) is 1.79. The van der Waals surface area contributed by atoms with E-state index in [-0.39, 0.29) is 10.9 Å². The van der Waals surface area contributed by atoms with Crippen molar-refractivity contribution in [1.82, 2.24) is 4.98 Å². The van der Waals surface area contributed by atoms with Crippen molar-refractivity contribution in [2.24, 2.45) is 0 Å². The molecule has 1 heterocycles. The van der Waals surface area contributed by atoms with E-state index in [1.54, 1.807) is 12.3 Å². The lowest BCUT2D eigenvalue weighted by atomic mass is 10.3. The van der Waals surface area contributed by atoms with Crippen LogP contribution in [0.3, 0.4) is 0 Å². The number of carbonyl (C=O) groups excluding carboxylic acids is 1. The molecule has 1 aromatic rings. The highest BCUT2D eigenvalue weighted by molar-refractivity contribution is 5.90. The van der Waals surface area contributed by atoms with Crippen LogP contribution < -0.4 is 5.06 Å². The number of amides is 1. The number of pyridine rings is 1. The molecule has 4 nitrogen and oxygen atoms in total. The fourth-order valence-electron chi connectivity index (χ4n) is 0.741. The smallest absolute Gasteiger partial charge is 0.214 e. The zero-order chi connectivity index (χ0) is 9.14. The minimum atomic E-state index is -0.564. The summed E-state index contributed by atoms with van der Waals surface area (Å²) >= 11 is 0. The number of aromatic nitrogens is 1. The van der Waals surface area contributed by atoms with Crippen molar-refractivity contribution in [2.75, 3.05) is 5.06 Å². The van der Waals surface area contributed by atoms with Crippen LogP contribution in [0.2, 0.25) is 0 Å². The molecule has 0 radical (unpaired) electrons. The average Bonchev–Trinajstić information content (AvgIpc) is 2.04. The van der Waals surface area contributed by atoms with Gasteiger partial charge in [-0.2, -0.15) is 0 Å². The Bertz CT molecular complexity index is 282. The van der Waals surface area contributed by atoms with E-state index in [4.69, 9.17) is 0 Å². The highest BCUT2D eigenvalue weighted by atomic mass is 16.5. The second-order valence-corrected chi connectivity index (χ2v) is 2.51. The van der Waals surface area contributed by atoms with Gasteiger partial charge in [0.1, 0.15) is 5.82 Å². The third-order valence-electron chi connectivity index (χ3n) is 1.39. The fraction of sp³-hybridized carbons (Fsp3) is 0.250. The molecule has 4 heteroatoms. The van der Waals surface area contributed by atoms with Gasteiger partial charge < -0.3 is 10.3 Å². The van der Waals surface area contributed by atoms with Crippen molar-refractivity contribution >= 4 is 11.7 Å². The van der Waals surface area contributed by atoms with Crippen LogP contribution in [-0.4, -0.2) is 10.9 Å². The Kier molecular flexibility index (Phi) is 2.40. The highest BCUT2D eigenvalue weighted by Gasteiger charge is 1.99. The average molecular weight is 165 g/mol. The van der Waals surface area contributed by atoms with E-state index in [9.17, 15) is 10.0 Å². The van der Waals surface area contributed by atoms with Crippen LogP contribution in [0.1, 0.15) is 12.5 Å². The Morgan fingerprint density at radius 3 is 2.67 bits per heavy atom. The van der Waals surface area contributed by atoms with Gasteiger partial charge in [-0.25, -0.2) is 4.98 Å². The summed E-state index contributed by atoms with van der Waals surface area (Å²) in [4.78, 5) is 14.4. The van der Waals surface area contributed by atoms with E-state index in [1.165, 1.54) is 13.0 Å². The number of carbonyl (C=O) groups is 1. The van der Waals surface area contributed by atoms with Gasteiger partial charge in [0.15, 0.2) is 0 Å². The van der Waals surface area contributed by atoms with Crippen LogP contribution in [0, 0.1) is 12.1 Å². The predicted molar refractivity (Wildman–Crippen MR) is 45.5 cm³/mol. The van der Waals surface area contributed by atoms with Gasteiger partial charge in [0.25, 0.3) is 0 Å². The maximum absolute atomic E-state index is 11.0. The summed E-state index contributed by atoms with van der Waals surface area (Å²) in [7, 11) is 0. The lowest BCUT2D eigenvalue weighted by Gasteiger charge is -2.24. The van der Waals surface area contributed by atoms with E-state index in [0.29, 0.717) is 0 Å². The highest BCUT2D eigenvalue weighted by Crippen LogP contribution is 2.09. The molecule has 0 atom stereocenters. The molecule has 0 bridgehead atoms. The van der Waals surface area contributed by atoms with Gasteiger partial charge in [-0.15, -0.1) is 0 Å². The minimum absolute atomic E-state index is 0.133. The first-order valence-corrected chi connectivity index (χ1v) is 3.52. The number of hydrogen-bond donors (Lipinski definition) is 0. The van der Waals surface area contributed by atoms with Crippen molar-refractivity contribution in [3.05, 3.63) is 29.1 Å². The SMILES string of the molecule is CC(=O)N([O-])c1ccc(C)cn1. The molecule has 0 aliphatic carbocycles. The van der Waals surface area contributed by atoms with Crippen LogP contribution in [0.5, 0.6) is 0 Å². The quantitative estimate of drug-likeness (QED) is 0.588. The fourth-order valence-corrected chi connectivity index (χ4v) is 0.741. The van der Waals surface area contributed by atoms with Crippen molar-refractivity contribution in [2.45, 2.75) is 13.8 Å². The maximum Gasteiger partial charge on any atom is 0.214 e. The molecule has 1 amide bonds. The molecule has 1 rings (SSSR count). The van der Waals surface area contributed by atoms with Gasteiger partial charge in [0.05, 0.1) is 0 Å². The Labute approximate surface area is 70.4 Å². The van der Waals surface area contributed by atoms with Crippen molar-refractivity contribution in [1.29, 1.82) is 0 Å². The second kappa shape index (κ2) is 3.32. The Hall–Kier alpha value is -1.42. The Balaban J connectivity index is 2.89. The second-order valence-electron chi connectivity index (χ2n) is 2.51. The molecule has 0 aliphatic heterocycles. The molecule has 0 aromatic carbocycles. The molecule has 0 fully saturated rings. The minimum Gasteiger partial charge on any atom is -0.751 e. The molecule has 12 heavy (non-hydrogen) atoms. The molecule has 0 aliphatic rings. The molecule has 0 saturated carbocycles. The van der Waals surface area contributed by atoms with Gasteiger partial charge >= 0.3 is 0 Å². The summed E-state index contributed by atoms with van der Waals surface area (Å²) in [6.07, 6.45) is 1.54. The zero-order valence-corrected chi connectivity index (χ0v) is 6.94. The van der Waals surface area contributed by atoms with Crippen molar-refractivity contribution in [3.8, 4) is 0 Å². The predicted octanol–water partition coefficient (Wildman–Crippen LogP) is 1.24. The number of rotatable bonds is 1. The summed E-state index contributed by atoms with van der Waals surface area (Å²) in [5, 5.41) is 11.2. The standard InChI is InChI=1S/C8H9N2O2/c1-6-3-4-8(9-5-6)10(12)7(2)11/h3-5H,1-2H3/q-1.